The number of aliphatic carboxylic acids is 1. The Labute approximate surface area is 132 Å². The summed E-state index contributed by atoms with van der Waals surface area (Å²) in [4.78, 5) is 16.0. The van der Waals surface area contributed by atoms with E-state index >= 15 is 0 Å². The quantitative estimate of drug-likeness (QED) is 0.909. The van der Waals surface area contributed by atoms with Gasteiger partial charge in [0.2, 0.25) is 5.89 Å². The zero-order chi connectivity index (χ0) is 14.8. The molecule has 0 radical (unpaired) electrons. The Hall–Kier alpha value is -0.690. The van der Waals surface area contributed by atoms with Gasteiger partial charge in [-0.3, -0.25) is 4.79 Å². The van der Waals surface area contributed by atoms with Crippen molar-refractivity contribution in [1.82, 2.24) is 10.1 Å². The van der Waals surface area contributed by atoms with Gasteiger partial charge < -0.3 is 9.63 Å². The van der Waals surface area contributed by atoms with E-state index in [0.717, 1.165) is 36.6 Å². The van der Waals surface area contributed by atoms with Crippen LogP contribution >= 0.6 is 23.5 Å². The average Bonchev–Trinajstić information content (AvgIpc) is 3.14. The maximum atomic E-state index is 11.5. The highest BCUT2D eigenvalue weighted by Gasteiger charge is 2.42. The number of thioether (sulfide) groups is 2. The molecule has 4 atom stereocenters. The Kier molecular flexibility index (Phi) is 4.78. The van der Waals surface area contributed by atoms with E-state index in [0.29, 0.717) is 11.8 Å². The molecule has 7 heteroatoms. The standard InChI is InChI=1S/C14H20N2O3S2/c1-2-8-5-9(10(6-8)14(17)18)13-15-12(16-19-13)11-7-20-3-4-21-11/h8-11H,2-7H2,1H3,(H,17,18). The highest BCUT2D eigenvalue weighted by molar-refractivity contribution is 8.06. The first-order valence-electron chi connectivity index (χ1n) is 7.44. The summed E-state index contributed by atoms with van der Waals surface area (Å²) in [7, 11) is 0. The SMILES string of the molecule is CCC1CC(C(=O)O)C(c2nc(C3CSCCS3)no2)C1. The van der Waals surface area contributed by atoms with E-state index < -0.39 is 5.97 Å². The lowest BCUT2D eigenvalue weighted by Gasteiger charge is -2.17. The van der Waals surface area contributed by atoms with Gasteiger partial charge in [-0.05, 0) is 18.8 Å². The van der Waals surface area contributed by atoms with Gasteiger partial charge in [-0.1, -0.05) is 18.5 Å². The van der Waals surface area contributed by atoms with Gasteiger partial charge in [-0.15, -0.1) is 11.8 Å². The number of carbonyl (C=O) groups is 1. The molecular weight excluding hydrogens is 308 g/mol. The molecule has 1 N–H and O–H groups in total. The lowest BCUT2D eigenvalue weighted by molar-refractivity contribution is -0.142. The molecule has 0 bridgehead atoms. The lowest BCUT2D eigenvalue weighted by atomic mass is 9.96. The van der Waals surface area contributed by atoms with Crippen molar-refractivity contribution in [2.75, 3.05) is 17.3 Å². The van der Waals surface area contributed by atoms with Crippen molar-refractivity contribution in [3.63, 3.8) is 0 Å². The Morgan fingerprint density at radius 3 is 2.95 bits per heavy atom. The monoisotopic (exact) mass is 328 g/mol. The zero-order valence-electron chi connectivity index (χ0n) is 12.0. The van der Waals surface area contributed by atoms with Crippen molar-refractivity contribution >= 4 is 29.5 Å². The molecule has 0 aromatic carbocycles. The fourth-order valence-electron chi connectivity index (χ4n) is 3.19. The average molecular weight is 328 g/mol. The number of hydrogen-bond donors (Lipinski definition) is 1. The summed E-state index contributed by atoms with van der Waals surface area (Å²) in [6.07, 6.45) is 2.58. The molecule has 1 aromatic heterocycles. The number of carboxylic acid groups (broad SMARTS) is 1. The van der Waals surface area contributed by atoms with Gasteiger partial charge in [0.15, 0.2) is 5.82 Å². The number of rotatable bonds is 4. The second-order valence-corrected chi connectivity index (χ2v) is 8.18. The Morgan fingerprint density at radius 1 is 1.43 bits per heavy atom. The summed E-state index contributed by atoms with van der Waals surface area (Å²) < 4.78 is 5.43. The highest BCUT2D eigenvalue weighted by Crippen LogP contribution is 2.44. The van der Waals surface area contributed by atoms with Gasteiger partial charge >= 0.3 is 5.97 Å². The molecule has 116 valence electrons. The smallest absolute Gasteiger partial charge is 0.307 e. The van der Waals surface area contributed by atoms with Gasteiger partial charge in [-0.25, -0.2) is 0 Å². The topological polar surface area (TPSA) is 76.2 Å². The molecule has 1 saturated carbocycles. The van der Waals surface area contributed by atoms with Crippen LogP contribution < -0.4 is 0 Å². The minimum absolute atomic E-state index is 0.116. The number of hydrogen-bond acceptors (Lipinski definition) is 6. The van der Waals surface area contributed by atoms with Gasteiger partial charge in [0.25, 0.3) is 0 Å². The molecule has 1 aliphatic heterocycles. The molecule has 0 amide bonds. The molecule has 2 heterocycles. The minimum Gasteiger partial charge on any atom is -0.481 e. The van der Waals surface area contributed by atoms with E-state index in [1.807, 2.05) is 23.5 Å². The van der Waals surface area contributed by atoms with Gasteiger partial charge in [0.1, 0.15) is 0 Å². The van der Waals surface area contributed by atoms with E-state index in [-0.39, 0.29) is 17.1 Å². The summed E-state index contributed by atoms with van der Waals surface area (Å²) in [6, 6.07) is 0. The van der Waals surface area contributed by atoms with Gasteiger partial charge in [0.05, 0.1) is 17.1 Å². The predicted molar refractivity (Wildman–Crippen MR) is 83.7 cm³/mol. The van der Waals surface area contributed by atoms with Crippen LogP contribution in [0.1, 0.15) is 49.1 Å². The Bertz CT molecular complexity index is 502. The summed E-state index contributed by atoms with van der Waals surface area (Å²) in [5, 5.41) is 13.8. The molecular formula is C14H20N2O3S2. The van der Waals surface area contributed by atoms with Gasteiger partial charge in [-0.2, -0.15) is 16.7 Å². The lowest BCUT2D eigenvalue weighted by Crippen LogP contribution is -2.17. The zero-order valence-corrected chi connectivity index (χ0v) is 13.7. The summed E-state index contributed by atoms with van der Waals surface area (Å²) in [5.74, 6) is 3.78. The summed E-state index contributed by atoms with van der Waals surface area (Å²) >= 11 is 3.77. The van der Waals surface area contributed by atoms with E-state index in [9.17, 15) is 9.90 Å². The van der Waals surface area contributed by atoms with Crippen LogP contribution in [0.5, 0.6) is 0 Å². The normalized spacial score (nSPS) is 33.2. The van der Waals surface area contributed by atoms with E-state index in [1.165, 1.54) is 5.75 Å². The fraction of sp³-hybridized carbons (Fsp3) is 0.786. The van der Waals surface area contributed by atoms with Crippen molar-refractivity contribution in [3.05, 3.63) is 11.7 Å². The molecule has 1 aromatic rings. The third-order valence-corrected chi connectivity index (χ3v) is 7.18. The maximum absolute atomic E-state index is 11.5. The van der Waals surface area contributed by atoms with Crippen LogP contribution in [0.3, 0.4) is 0 Å². The van der Waals surface area contributed by atoms with E-state index in [2.05, 4.69) is 17.1 Å². The number of aromatic nitrogens is 2. The van der Waals surface area contributed by atoms with Crippen LogP contribution in [0, 0.1) is 11.8 Å². The molecule has 1 aliphatic carbocycles. The molecule has 21 heavy (non-hydrogen) atoms. The maximum Gasteiger partial charge on any atom is 0.307 e. The third kappa shape index (κ3) is 3.23. The van der Waals surface area contributed by atoms with Crippen molar-refractivity contribution in [1.29, 1.82) is 0 Å². The Morgan fingerprint density at radius 2 is 2.29 bits per heavy atom. The largest absolute Gasteiger partial charge is 0.481 e. The first kappa shape index (κ1) is 15.2. The van der Waals surface area contributed by atoms with E-state index in [1.54, 1.807) is 0 Å². The first-order chi connectivity index (χ1) is 10.2. The first-order valence-corrected chi connectivity index (χ1v) is 9.65. The Balaban J connectivity index is 1.76. The molecule has 1 saturated heterocycles. The van der Waals surface area contributed by atoms with Crippen molar-refractivity contribution in [3.8, 4) is 0 Å². The van der Waals surface area contributed by atoms with Crippen molar-refractivity contribution < 1.29 is 14.4 Å². The van der Waals surface area contributed by atoms with Crippen LogP contribution in [-0.2, 0) is 4.79 Å². The summed E-state index contributed by atoms with van der Waals surface area (Å²) in [6.45, 7) is 2.11. The molecule has 5 nitrogen and oxygen atoms in total. The van der Waals surface area contributed by atoms with Crippen LogP contribution in [0.2, 0.25) is 0 Å². The predicted octanol–water partition coefficient (Wildman–Crippen LogP) is 3.20. The molecule has 2 fully saturated rings. The molecule has 4 unspecified atom stereocenters. The highest BCUT2D eigenvalue weighted by atomic mass is 32.2. The number of nitrogens with zero attached hydrogens (tertiary/aromatic N) is 2. The minimum atomic E-state index is -0.738. The molecule has 2 aliphatic rings. The van der Waals surface area contributed by atoms with Crippen LogP contribution in [0.4, 0.5) is 0 Å². The molecule has 3 rings (SSSR count). The summed E-state index contributed by atoms with van der Waals surface area (Å²) in [5.41, 5.74) is 0. The van der Waals surface area contributed by atoms with Gasteiger partial charge in [0, 0.05) is 17.3 Å². The van der Waals surface area contributed by atoms with Crippen LogP contribution in [0.25, 0.3) is 0 Å². The van der Waals surface area contributed by atoms with Crippen molar-refractivity contribution in [2.45, 2.75) is 37.4 Å². The second kappa shape index (κ2) is 6.60. The van der Waals surface area contributed by atoms with Crippen molar-refractivity contribution in [2.24, 2.45) is 11.8 Å². The third-order valence-electron chi connectivity index (χ3n) is 4.43. The second-order valence-electron chi connectivity index (χ2n) is 5.72. The van der Waals surface area contributed by atoms with Crippen LogP contribution in [0.15, 0.2) is 4.52 Å². The van der Waals surface area contributed by atoms with Crippen LogP contribution in [-0.4, -0.2) is 38.5 Å². The van der Waals surface area contributed by atoms with E-state index in [4.69, 9.17) is 4.52 Å². The molecule has 0 spiro atoms. The fourth-order valence-corrected chi connectivity index (χ4v) is 5.78. The number of carboxylic acids is 1.